The summed E-state index contributed by atoms with van der Waals surface area (Å²) in [5.74, 6) is -0.115. The lowest BCUT2D eigenvalue weighted by Gasteiger charge is -2.17. The molecule has 5 nitrogen and oxygen atoms in total. The number of benzene rings is 1. The number of hydrogen-bond donors (Lipinski definition) is 0. The summed E-state index contributed by atoms with van der Waals surface area (Å²) < 4.78 is 10.0. The lowest BCUT2D eigenvalue weighted by Crippen LogP contribution is -2.25. The first kappa shape index (κ1) is 14.0. The van der Waals surface area contributed by atoms with Crippen LogP contribution < -0.4 is 9.64 Å². The molecule has 1 unspecified atom stereocenters. The Labute approximate surface area is 106 Å². The summed E-state index contributed by atoms with van der Waals surface area (Å²) in [6.45, 7) is 1.57. The first-order valence-electron chi connectivity index (χ1n) is 5.50. The molecule has 0 aromatic heterocycles. The molecule has 0 aliphatic heterocycles. The fourth-order valence-electron chi connectivity index (χ4n) is 1.41. The lowest BCUT2D eigenvalue weighted by atomic mass is 10.2. The molecule has 0 spiro atoms. The average Bonchev–Trinajstić information content (AvgIpc) is 2.37. The van der Waals surface area contributed by atoms with Gasteiger partial charge in [0.15, 0.2) is 12.4 Å². The van der Waals surface area contributed by atoms with Crippen molar-refractivity contribution in [2.24, 2.45) is 0 Å². The Morgan fingerprint density at radius 3 is 2.56 bits per heavy atom. The molecule has 18 heavy (non-hydrogen) atoms. The number of rotatable bonds is 5. The van der Waals surface area contributed by atoms with Gasteiger partial charge in [0.05, 0.1) is 12.7 Å². The summed E-state index contributed by atoms with van der Waals surface area (Å²) >= 11 is 0. The third-order valence-electron chi connectivity index (χ3n) is 2.48. The second-order valence-electron chi connectivity index (χ2n) is 4.02. The molecule has 0 saturated carbocycles. The smallest absolute Gasteiger partial charge is 0.346 e. The van der Waals surface area contributed by atoms with Crippen LogP contribution in [0.2, 0.25) is 0 Å². The molecule has 0 saturated heterocycles. The van der Waals surface area contributed by atoms with Gasteiger partial charge in [-0.25, -0.2) is 4.79 Å². The van der Waals surface area contributed by atoms with Crippen molar-refractivity contribution >= 4 is 17.9 Å². The lowest BCUT2D eigenvalue weighted by molar-refractivity contribution is -0.147. The van der Waals surface area contributed by atoms with Crippen molar-refractivity contribution in [1.29, 1.82) is 0 Å². The predicted molar refractivity (Wildman–Crippen MR) is 68.3 cm³/mol. The molecule has 5 heteroatoms. The highest BCUT2D eigenvalue weighted by molar-refractivity contribution is 5.81. The number of ether oxygens (including phenoxy) is 2. The normalized spacial score (nSPS) is 11.6. The fraction of sp³-hybridized carbons (Fsp3) is 0.385. The molecule has 1 atom stereocenters. The average molecular weight is 251 g/mol. The number of nitrogens with zero attached hydrogens (tertiary/aromatic N) is 1. The topological polar surface area (TPSA) is 55.8 Å². The maximum Gasteiger partial charge on any atom is 0.346 e. The first-order chi connectivity index (χ1) is 8.49. The zero-order valence-electron chi connectivity index (χ0n) is 11.0. The van der Waals surface area contributed by atoms with Crippen molar-refractivity contribution in [2.75, 3.05) is 26.1 Å². The van der Waals surface area contributed by atoms with Crippen LogP contribution in [-0.2, 0) is 9.53 Å². The third-order valence-corrected chi connectivity index (χ3v) is 2.48. The van der Waals surface area contributed by atoms with Crippen LogP contribution in [0.3, 0.4) is 0 Å². The Morgan fingerprint density at radius 2 is 2.06 bits per heavy atom. The van der Waals surface area contributed by atoms with E-state index < -0.39 is 12.1 Å². The maximum absolute atomic E-state index is 11.3. The number of hydrogen-bond acceptors (Lipinski definition) is 5. The van der Waals surface area contributed by atoms with Crippen LogP contribution in [-0.4, -0.2) is 39.6 Å². The highest BCUT2D eigenvalue weighted by Crippen LogP contribution is 2.24. The summed E-state index contributed by atoms with van der Waals surface area (Å²) in [5, 5.41) is 0. The number of aldehydes is 1. The third kappa shape index (κ3) is 3.23. The molecular formula is C13H17NO4. The van der Waals surface area contributed by atoms with E-state index in [4.69, 9.17) is 4.74 Å². The zero-order valence-corrected chi connectivity index (χ0v) is 11.0. The Bertz CT molecular complexity index is 443. The van der Waals surface area contributed by atoms with Crippen LogP contribution >= 0.6 is 0 Å². The van der Waals surface area contributed by atoms with Gasteiger partial charge in [0, 0.05) is 25.8 Å². The van der Waals surface area contributed by atoms with Crippen molar-refractivity contribution in [3.05, 3.63) is 23.8 Å². The Kier molecular flexibility index (Phi) is 4.71. The molecule has 0 bridgehead atoms. The van der Waals surface area contributed by atoms with Crippen LogP contribution in [0, 0.1) is 0 Å². The van der Waals surface area contributed by atoms with Gasteiger partial charge >= 0.3 is 5.97 Å². The monoisotopic (exact) mass is 251 g/mol. The molecule has 0 amide bonds. The van der Waals surface area contributed by atoms with Gasteiger partial charge < -0.3 is 14.4 Å². The van der Waals surface area contributed by atoms with Crippen LogP contribution in [0.1, 0.15) is 17.3 Å². The number of methoxy groups -OCH3 is 1. The molecule has 0 radical (unpaired) electrons. The van der Waals surface area contributed by atoms with Crippen molar-refractivity contribution in [2.45, 2.75) is 13.0 Å². The van der Waals surface area contributed by atoms with E-state index in [1.54, 1.807) is 25.1 Å². The number of carbonyl (C=O) groups excluding carboxylic acids is 2. The molecule has 1 aromatic carbocycles. The van der Waals surface area contributed by atoms with Crippen LogP contribution in [0.25, 0.3) is 0 Å². The molecule has 1 rings (SSSR count). The van der Waals surface area contributed by atoms with Crippen LogP contribution in [0.5, 0.6) is 5.75 Å². The van der Waals surface area contributed by atoms with E-state index in [1.165, 1.54) is 7.11 Å². The summed E-state index contributed by atoms with van der Waals surface area (Å²) in [4.78, 5) is 24.1. The van der Waals surface area contributed by atoms with Crippen molar-refractivity contribution < 1.29 is 19.1 Å². The van der Waals surface area contributed by atoms with Crippen molar-refractivity contribution in [3.8, 4) is 5.75 Å². The molecular weight excluding hydrogens is 234 g/mol. The summed E-state index contributed by atoms with van der Waals surface area (Å²) in [5.41, 5.74) is 1.28. The summed E-state index contributed by atoms with van der Waals surface area (Å²) in [6.07, 6.45) is -0.0650. The van der Waals surface area contributed by atoms with Crippen LogP contribution in [0.4, 0.5) is 5.69 Å². The van der Waals surface area contributed by atoms with Gasteiger partial charge in [-0.15, -0.1) is 0 Å². The van der Waals surface area contributed by atoms with Gasteiger partial charge in [0.1, 0.15) is 5.75 Å². The first-order valence-corrected chi connectivity index (χ1v) is 5.50. The standard InChI is InChI=1S/C13H17NO4/c1-9(13(16)17-4)18-12-7-11(14(2)3)6-5-10(12)8-15/h5-9H,1-4H3. The minimum Gasteiger partial charge on any atom is -0.478 e. The van der Waals surface area contributed by atoms with Gasteiger partial charge in [0.25, 0.3) is 0 Å². The Balaban J connectivity index is 3.01. The Morgan fingerprint density at radius 1 is 1.39 bits per heavy atom. The van der Waals surface area contributed by atoms with E-state index in [0.717, 1.165) is 5.69 Å². The molecule has 1 aromatic rings. The minimum atomic E-state index is -0.758. The van der Waals surface area contributed by atoms with E-state index in [9.17, 15) is 9.59 Å². The van der Waals surface area contributed by atoms with Crippen molar-refractivity contribution in [3.63, 3.8) is 0 Å². The molecule has 98 valence electrons. The van der Waals surface area contributed by atoms with Gasteiger partial charge in [-0.05, 0) is 19.1 Å². The molecule has 0 aliphatic carbocycles. The second kappa shape index (κ2) is 6.05. The number of esters is 1. The zero-order chi connectivity index (χ0) is 13.7. The fourth-order valence-corrected chi connectivity index (χ4v) is 1.41. The van der Waals surface area contributed by atoms with E-state index in [-0.39, 0.29) is 0 Å². The second-order valence-corrected chi connectivity index (χ2v) is 4.02. The van der Waals surface area contributed by atoms with Crippen LogP contribution in [0.15, 0.2) is 18.2 Å². The Hall–Kier alpha value is -2.04. The molecule has 0 N–H and O–H groups in total. The maximum atomic E-state index is 11.3. The van der Waals surface area contributed by atoms with E-state index in [0.29, 0.717) is 17.6 Å². The highest BCUT2D eigenvalue weighted by atomic mass is 16.6. The largest absolute Gasteiger partial charge is 0.478 e. The number of carbonyl (C=O) groups is 2. The van der Waals surface area contributed by atoms with E-state index in [1.807, 2.05) is 19.0 Å². The number of anilines is 1. The van der Waals surface area contributed by atoms with Gasteiger partial charge in [0.2, 0.25) is 0 Å². The highest BCUT2D eigenvalue weighted by Gasteiger charge is 2.17. The molecule has 0 heterocycles. The SMILES string of the molecule is COC(=O)C(C)Oc1cc(N(C)C)ccc1C=O. The van der Waals surface area contributed by atoms with Gasteiger partial charge in [-0.2, -0.15) is 0 Å². The predicted octanol–water partition coefficient (Wildman–Crippen LogP) is 1.51. The quantitative estimate of drug-likeness (QED) is 0.586. The minimum absolute atomic E-state index is 0.370. The van der Waals surface area contributed by atoms with E-state index >= 15 is 0 Å². The van der Waals surface area contributed by atoms with Gasteiger partial charge in [-0.3, -0.25) is 4.79 Å². The summed E-state index contributed by atoms with van der Waals surface area (Å²) in [7, 11) is 5.05. The molecule has 0 aliphatic rings. The van der Waals surface area contributed by atoms with Gasteiger partial charge in [-0.1, -0.05) is 0 Å². The summed E-state index contributed by atoms with van der Waals surface area (Å²) in [6, 6.07) is 5.17. The van der Waals surface area contributed by atoms with E-state index in [2.05, 4.69) is 4.74 Å². The molecule has 0 fully saturated rings. The van der Waals surface area contributed by atoms with Crippen molar-refractivity contribution in [1.82, 2.24) is 0 Å².